The van der Waals surface area contributed by atoms with Crippen LogP contribution in [-0.4, -0.2) is 54.0 Å². The number of hydrogen-bond acceptors (Lipinski definition) is 2. The molecule has 5 nitrogen and oxygen atoms in total. The summed E-state index contributed by atoms with van der Waals surface area (Å²) in [5.74, 6) is 0.229. The lowest BCUT2D eigenvalue weighted by molar-refractivity contribution is -0.131. The first-order chi connectivity index (χ1) is 10.2. The first kappa shape index (κ1) is 16.1. The second-order valence-corrected chi connectivity index (χ2v) is 6.26. The van der Waals surface area contributed by atoms with E-state index >= 15 is 0 Å². The molecule has 3 amide bonds. The molecule has 0 aromatic rings. The molecular formula is C16H29N3O2. The van der Waals surface area contributed by atoms with Crippen LogP contribution in [0.15, 0.2) is 0 Å². The monoisotopic (exact) mass is 295 g/mol. The lowest BCUT2D eigenvalue weighted by Crippen LogP contribution is -2.46. The van der Waals surface area contributed by atoms with Crippen LogP contribution in [0.2, 0.25) is 0 Å². The number of nitrogens with one attached hydrogen (secondary N) is 1. The van der Waals surface area contributed by atoms with Crippen molar-refractivity contribution >= 4 is 11.9 Å². The third-order valence-corrected chi connectivity index (χ3v) is 4.53. The summed E-state index contributed by atoms with van der Waals surface area (Å²) in [4.78, 5) is 28.1. The molecule has 5 heteroatoms. The molecule has 2 fully saturated rings. The summed E-state index contributed by atoms with van der Waals surface area (Å²) in [6, 6.07) is 0.416. The zero-order valence-corrected chi connectivity index (χ0v) is 13.3. The van der Waals surface area contributed by atoms with Gasteiger partial charge < -0.3 is 15.1 Å². The molecule has 0 aromatic carbocycles. The van der Waals surface area contributed by atoms with E-state index in [-0.39, 0.29) is 11.9 Å². The van der Waals surface area contributed by atoms with Crippen molar-refractivity contribution in [3.63, 3.8) is 0 Å². The maximum Gasteiger partial charge on any atom is 0.317 e. The van der Waals surface area contributed by atoms with Gasteiger partial charge in [-0.15, -0.1) is 0 Å². The van der Waals surface area contributed by atoms with E-state index in [0.29, 0.717) is 25.6 Å². The topological polar surface area (TPSA) is 52.7 Å². The largest absolute Gasteiger partial charge is 0.341 e. The number of amides is 3. The van der Waals surface area contributed by atoms with Gasteiger partial charge in [-0.25, -0.2) is 4.79 Å². The quantitative estimate of drug-likeness (QED) is 0.869. The molecule has 2 rings (SSSR count). The maximum absolute atomic E-state index is 12.3. The summed E-state index contributed by atoms with van der Waals surface area (Å²) in [6.45, 7) is 4.91. The predicted octanol–water partition coefficient (Wildman–Crippen LogP) is 2.36. The molecule has 0 spiro atoms. The Hall–Kier alpha value is -1.26. The minimum atomic E-state index is 0.0618. The van der Waals surface area contributed by atoms with E-state index in [4.69, 9.17) is 0 Å². The molecule has 1 saturated carbocycles. The molecule has 1 heterocycles. The van der Waals surface area contributed by atoms with Gasteiger partial charge in [0.2, 0.25) is 5.91 Å². The smallest absolute Gasteiger partial charge is 0.317 e. The molecule has 1 saturated heterocycles. The van der Waals surface area contributed by atoms with Crippen molar-refractivity contribution < 1.29 is 9.59 Å². The van der Waals surface area contributed by atoms with E-state index in [1.807, 2.05) is 16.7 Å². The van der Waals surface area contributed by atoms with Gasteiger partial charge in [-0.2, -0.15) is 0 Å². The van der Waals surface area contributed by atoms with Crippen molar-refractivity contribution in [3.05, 3.63) is 0 Å². The predicted molar refractivity (Wildman–Crippen MR) is 83.1 cm³/mol. The van der Waals surface area contributed by atoms with Crippen LogP contribution in [0.25, 0.3) is 0 Å². The van der Waals surface area contributed by atoms with Gasteiger partial charge in [-0.05, 0) is 25.7 Å². The van der Waals surface area contributed by atoms with Crippen LogP contribution in [0.1, 0.15) is 58.3 Å². The number of rotatable bonds is 3. The van der Waals surface area contributed by atoms with Gasteiger partial charge in [0.25, 0.3) is 0 Å². The SMILES string of the molecule is CCCC(=O)N1CCCN(C(=O)NC2CCCCC2)CC1. The van der Waals surface area contributed by atoms with Crippen LogP contribution in [0, 0.1) is 0 Å². The Morgan fingerprint density at radius 1 is 0.952 bits per heavy atom. The highest BCUT2D eigenvalue weighted by Crippen LogP contribution is 2.17. The van der Waals surface area contributed by atoms with Crippen LogP contribution >= 0.6 is 0 Å². The first-order valence-electron chi connectivity index (χ1n) is 8.54. The van der Waals surface area contributed by atoms with E-state index < -0.39 is 0 Å². The highest BCUT2D eigenvalue weighted by molar-refractivity contribution is 5.77. The Bertz CT molecular complexity index is 353. The van der Waals surface area contributed by atoms with E-state index in [2.05, 4.69) is 5.32 Å². The molecule has 0 bridgehead atoms. The second-order valence-electron chi connectivity index (χ2n) is 6.26. The highest BCUT2D eigenvalue weighted by Gasteiger charge is 2.23. The van der Waals surface area contributed by atoms with E-state index in [1.54, 1.807) is 0 Å². The van der Waals surface area contributed by atoms with Crippen molar-refractivity contribution in [2.45, 2.75) is 64.3 Å². The fourth-order valence-electron chi connectivity index (χ4n) is 3.25. The molecule has 21 heavy (non-hydrogen) atoms. The van der Waals surface area contributed by atoms with Crippen LogP contribution in [0.5, 0.6) is 0 Å². The Kier molecular flexibility index (Phi) is 6.33. The summed E-state index contributed by atoms with van der Waals surface area (Å²) in [6.07, 6.45) is 8.36. The lowest BCUT2D eigenvalue weighted by atomic mass is 9.96. The minimum Gasteiger partial charge on any atom is -0.341 e. The molecule has 0 aromatic heterocycles. The average Bonchev–Trinajstić information content (AvgIpc) is 2.74. The molecule has 1 N–H and O–H groups in total. The van der Waals surface area contributed by atoms with Gasteiger partial charge in [-0.1, -0.05) is 26.2 Å². The number of carbonyl (C=O) groups is 2. The molecule has 0 unspecified atom stereocenters. The molecule has 2 aliphatic rings. The van der Waals surface area contributed by atoms with Crippen molar-refractivity contribution in [1.82, 2.24) is 15.1 Å². The summed E-state index contributed by atoms with van der Waals surface area (Å²) < 4.78 is 0. The lowest BCUT2D eigenvalue weighted by Gasteiger charge is -2.27. The Balaban J connectivity index is 1.78. The van der Waals surface area contributed by atoms with Crippen LogP contribution in [0.4, 0.5) is 4.79 Å². The average molecular weight is 295 g/mol. The molecule has 1 aliphatic heterocycles. The molecular weight excluding hydrogens is 266 g/mol. The van der Waals surface area contributed by atoms with Crippen LogP contribution in [0.3, 0.4) is 0 Å². The Morgan fingerprint density at radius 2 is 1.62 bits per heavy atom. The van der Waals surface area contributed by atoms with Crippen molar-refractivity contribution in [2.75, 3.05) is 26.2 Å². The molecule has 0 atom stereocenters. The van der Waals surface area contributed by atoms with E-state index in [9.17, 15) is 9.59 Å². The number of carbonyl (C=O) groups excluding carboxylic acids is 2. The van der Waals surface area contributed by atoms with Crippen molar-refractivity contribution in [1.29, 1.82) is 0 Å². The first-order valence-corrected chi connectivity index (χ1v) is 8.54. The Morgan fingerprint density at radius 3 is 2.33 bits per heavy atom. The van der Waals surface area contributed by atoms with Gasteiger partial charge in [-0.3, -0.25) is 4.79 Å². The summed E-state index contributed by atoms with van der Waals surface area (Å²) in [7, 11) is 0. The van der Waals surface area contributed by atoms with Crippen LogP contribution in [-0.2, 0) is 4.79 Å². The zero-order valence-electron chi connectivity index (χ0n) is 13.3. The summed E-state index contributed by atoms with van der Waals surface area (Å²) in [5, 5.41) is 3.17. The third-order valence-electron chi connectivity index (χ3n) is 4.53. The van der Waals surface area contributed by atoms with Gasteiger partial charge >= 0.3 is 6.03 Å². The number of urea groups is 1. The fourth-order valence-corrected chi connectivity index (χ4v) is 3.25. The summed E-state index contributed by atoms with van der Waals surface area (Å²) in [5.41, 5.74) is 0. The van der Waals surface area contributed by atoms with E-state index in [0.717, 1.165) is 38.8 Å². The zero-order chi connectivity index (χ0) is 15.1. The number of hydrogen-bond donors (Lipinski definition) is 1. The Labute approximate surface area is 128 Å². The molecule has 1 aliphatic carbocycles. The van der Waals surface area contributed by atoms with Crippen molar-refractivity contribution in [3.8, 4) is 0 Å². The standard InChI is InChI=1S/C16H29N3O2/c1-2-7-15(20)18-10-6-11-19(13-12-18)16(21)17-14-8-4-3-5-9-14/h14H,2-13H2,1H3,(H,17,21). The molecule has 0 radical (unpaired) electrons. The van der Waals surface area contributed by atoms with E-state index in [1.165, 1.54) is 19.3 Å². The minimum absolute atomic E-state index is 0.0618. The normalized spacial score (nSPS) is 21.0. The molecule has 120 valence electrons. The third kappa shape index (κ3) is 4.90. The van der Waals surface area contributed by atoms with Crippen LogP contribution < -0.4 is 5.32 Å². The number of nitrogens with zero attached hydrogens (tertiary/aromatic N) is 2. The van der Waals surface area contributed by atoms with Crippen molar-refractivity contribution in [2.24, 2.45) is 0 Å². The highest BCUT2D eigenvalue weighted by atomic mass is 16.2. The van der Waals surface area contributed by atoms with Gasteiger partial charge in [0.15, 0.2) is 0 Å². The second kappa shape index (κ2) is 8.25. The maximum atomic E-state index is 12.3. The fraction of sp³-hybridized carbons (Fsp3) is 0.875. The van der Waals surface area contributed by atoms with Gasteiger partial charge in [0.05, 0.1) is 0 Å². The van der Waals surface area contributed by atoms with Gasteiger partial charge in [0.1, 0.15) is 0 Å². The summed E-state index contributed by atoms with van der Waals surface area (Å²) >= 11 is 0. The van der Waals surface area contributed by atoms with Gasteiger partial charge in [0, 0.05) is 38.6 Å².